The Bertz CT molecular complexity index is 285. The van der Waals surface area contributed by atoms with Gasteiger partial charge in [0.1, 0.15) is 0 Å². The molecular weight excluding hydrogens is 200 g/mol. The lowest BCUT2D eigenvalue weighted by atomic mass is 10.0. The molecule has 0 aliphatic carbocycles. The molecule has 2 atom stereocenters. The highest BCUT2D eigenvalue weighted by molar-refractivity contribution is 7.89. The number of rotatable bonds is 3. The molecule has 0 radical (unpaired) electrons. The van der Waals surface area contributed by atoms with Crippen molar-refractivity contribution in [1.82, 2.24) is 4.31 Å². The van der Waals surface area contributed by atoms with Gasteiger partial charge in [0, 0.05) is 19.1 Å². The molecule has 0 amide bonds. The molecule has 84 valence electrons. The zero-order valence-corrected chi connectivity index (χ0v) is 9.92. The summed E-state index contributed by atoms with van der Waals surface area (Å²) < 4.78 is 25.1. The second-order valence-corrected chi connectivity index (χ2v) is 6.85. The van der Waals surface area contributed by atoms with Crippen LogP contribution in [0.4, 0.5) is 0 Å². The van der Waals surface area contributed by atoms with Crippen molar-refractivity contribution >= 4 is 10.0 Å². The van der Waals surface area contributed by atoms with Gasteiger partial charge in [-0.15, -0.1) is 0 Å². The van der Waals surface area contributed by atoms with Crippen LogP contribution in [0.3, 0.4) is 0 Å². The Hall–Kier alpha value is -0.130. The van der Waals surface area contributed by atoms with E-state index in [4.69, 9.17) is 5.73 Å². The third-order valence-corrected chi connectivity index (χ3v) is 5.13. The van der Waals surface area contributed by atoms with Gasteiger partial charge in [0.2, 0.25) is 10.0 Å². The van der Waals surface area contributed by atoms with Crippen molar-refractivity contribution in [3.05, 3.63) is 0 Å². The summed E-state index contributed by atoms with van der Waals surface area (Å²) in [6, 6.07) is 0.0855. The molecule has 0 saturated carbocycles. The molecule has 1 aliphatic rings. The first kappa shape index (κ1) is 11.9. The number of nitrogens with zero attached hydrogens (tertiary/aromatic N) is 1. The van der Waals surface area contributed by atoms with Crippen LogP contribution in [0.1, 0.15) is 27.2 Å². The van der Waals surface area contributed by atoms with Crippen molar-refractivity contribution in [2.24, 2.45) is 11.7 Å². The average Bonchev–Trinajstić information content (AvgIpc) is 2.51. The molecule has 1 saturated heterocycles. The van der Waals surface area contributed by atoms with Crippen LogP contribution in [0.2, 0.25) is 0 Å². The topological polar surface area (TPSA) is 63.4 Å². The van der Waals surface area contributed by atoms with Gasteiger partial charge in [-0.1, -0.05) is 0 Å². The second kappa shape index (κ2) is 4.16. The summed E-state index contributed by atoms with van der Waals surface area (Å²) in [5, 5.41) is -0.325. The normalized spacial score (nSPS) is 27.1. The zero-order chi connectivity index (χ0) is 10.9. The maximum atomic E-state index is 11.8. The van der Waals surface area contributed by atoms with Gasteiger partial charge in [-0.05, 0) is 33.1 Å². The molecule has 1 heterocycles. The van der Waals surface area contributed by atoms with Gasteiger partial charge in [0.15, 0.2) is 0 Å². The fourth-order valence-electron chi connectivity index (χ4n) is 1.71. The van der Waals surface area contributed by atoms with Crippen molar-refractivity contribution < 1.29 is 8.42 Å². The molecular formula is C9H20N2O2S. The van der Waals surface area contributed by atoms with Gasteiger partial charge in [0.05, 0.1) is 5.25 Å². The third kappa shape index (κ3) is 2.27. The largest absolute Gasteiger partial charge is 0.328 e. The predicted molar refractivity (Wildman–Crippen MR) is 57.4 cm³/mol. The lowest BCUT2D eigenvalue weighted by Crippen LogP contribution is -2.36. The Morgan fingerprint density at radius 1 is 1.36 bits per heavy atom. The van der Waals surface area contributed by atoms with Crippen molar-refractivity contribution in [2.45, 2.75) is 38.5 Å². The smallest absolute Gasteiger partial charge is 0.216 e. The first-order valence-electron chi connectivity index (χ1n) is 5.10. The minimum Gasteiger partial charge on any atom is -0.328 e. The lowest BCUT2D eigenvalue weighted by Gasteiger charge is -2.20. The summed E-state index contributed by atoms with van der Waals surface area (Å²) in [5.74, 6) is 0.323. The molecule has 2 unspecified atom stereocenters. The summed E-state index contributed by atoms with van der Waals surface area (Å²) in [6.07, 6.45) is 0.892. The van der Waals surface area contributed by atoms with E-state index < -0.39 is 10.0 Å². The predicted octanol–water partition coefficient (Wildman–Crippen LogP) is 0.394. The molecule has 1 rings (SSSR count). The molecule has 0 spiro atoms. The van der Waals surface area contributed by atoms with E-state index in [0.717, 1.165) is 6.42 Å². The summed E-state index contributed by atoms with van der Waals surface area (Å²) in [7, 11) is -3.07. The molecule has 0 bridgehead atoms. The van der Waals surface area contributed by atoms with Crippen molar-refractivity contribution in [3.8, 4) is 0 Å². The van der Waals surface area contributed by atoms with Gasteiger partial charge in [-0.25, -0.2) is 12.7 Å². The van der Waals surface area contributed by atoms with E-state index >= 15 is 0 Å². The highest BCUT2D eigenvalue weighted by atomic mass is 32.2. The average molecular weight is 220 g/mol. The third-order valence-electron chi connectivity index (χ3n) is 2.89. The first-order valence-corrected chi connectivity index (χ1v) is 6.60. The van der Waals surface area contributed by atoms with Crippen LogP contribution in [0.15, 0.2) is 0 Å². The van der Waals surface area contributed by atoms with Crippen molar-refractivity contribution in [2.75, 3.05) is 13.1 Å². The molecule has 4 nitrogen and oxygen atoms in total. The lowest BCUT2D eigenvalue weighted by molar-refractivity contribution is 0.425. The number of nitrogens with two attached hydrogens (primary N) is 1. The quantitative estimate of drug-likeness (QED) is 0.748. The van der Waals surface area contributed by atoms with Gasteiger partial charge < -0.3 is 5.73 Å². The zero-order valence-electron chi connectivity index (χ0n) is 9.10. The molecule has 1 fully saturated rings. The molecule has 0 aromatic carbocycles. The monoisotopic (exact) mass is 220 g/mol. The van der Waals surface area contributed by atoms with E-state index in [0.29, 0.717) is 19.0 Å². The van der Waals surface area contributed by atoms with Crippen LogP contribution >= 0.6 is 0 Å². The number of hydrogen-bond donors (Lipinski definition) is 1. The molecule has 0 aromatic heterocycles. The Labute approximate surface area is 86.5 Å². The van der Waals surface area contributed by atoms with Gasteiger partial charge in [-0.3, -0.25) is 0 Å². The second-order valence-electron chi connectivity index (χ2n) is 4.36. The standard InChI is InChI=1S/C9H20N2O2S/c1-7(2)14(12,13)11-5-4-9(6-11)8(3)10/h7-9H,4-6,10H2,1-3H3. The van der Waals surface area contributed by atoms with Crippen LogP contribution in [-0.4, -0.2) is 37.1 Å². The fraction of sp³-hybridized carbons (Fsp3) is 1.00. The Kier molecular flexibility index (Phi) is 3.55. The SMILES string of the molecule is CC(N)C1CCN(S(=O)(=O)C(C)C)C1. The fourth-order valence-corrected chi connectivity index (χ4v) is 3.07. The highest BCUT2D eigenvalue weighted by Gasteiger charge is 2.34. The Morgan fingerprint density at radius 2 is 1.93 bits per heavy atom. The summed E-state index contributed by atoms with van der Waals surface area (Å²) in [4.78, 5) is 0. The molecule has 2 N–H and O–H groups in total. The van der Waals surface area contributed by atoms with Crippen molar-refractivity contribution in [3.63, 3.8) is 0 Å². The van der Waals surface area contributed by atoms with Crippen LogP contribution < -0.4 is 5.73 Å². The molecule has 1 aliphatic heterocycles. The van der Waals surface area contributed by atoms with E-state index in [-0.39, 0.29) is 11.3 Å². The summed E-state index contributed by atoms with van der Waals surface area (Å²) in [6.45, 7) is 6.60. The minimum atomic E-state index is -3.07. The summed E-state index contributed by atoms with van der Waals surface area (Å²) >= 11 is 0. The maximum Gasteiger partial charge on any atom is 0.216 e. The Morgan fingerprint density at radius 3 is 2.29 bits per heavy atom. The highest BCUT2D eigenvalue weighted by Crippen LogP contribution is 2.23. The van der Waals surface area contributed by atoms with E-state index in [1.54, 1.807) is 18.2 Å². The van der Waals surface area contributed by atoms with Crippen LogP contribution in [0.5, 0.6) is 0 Å². The molecule has 14 heavy (non-hydrogen) atoms. The van der Waals surface area contributed by atoms with Crippen molar-refractivity contribution in [1.29, 1.82) is 0 Å². The minimum absolute atomic E-state index is 0.0855. The molecule has 5 heteroatoms. The molecule has 0 aromatic rings. The Balaban J connectivity index is 2.67. The van der Waals surface area contributed by atoms with Crippen LogP contribution in [-0.2, 0) is 10.0 Å². The first-order chi connectivity index (χ1) is 6.35. The van der Waals surface area contributed by atoms with Gasteiger partial charge in [0.25, 0.3) is 0 Å². The van der Waals surface area contributed by atoms with E-state index in [9.17, 15) is 8.42 Å². The number of sulfonamides is 1. The van der Waals surface area contributed by atoms with E-state index in [1.807, 2.05) is 6.92 Å². The summed E-state index contributed by atoms with van der Waals surface area (Å²) in [5.41, 5.74) is 5.76. The van der Waals surface area contributed by atoms with E-state index in [2.05, 4.69) is 0 Å². The van der Waals surface area contributed by atoms with Crippen LogP contribution in [0.25, 0.3) is 0 Å². The van der Waals surface area contributed by atoms with E-state index in [1.165, 1.54) is 0 Å². The number of hydrogen-bond acceptors (Lipinski definition) is 3. The van der Waals surface area contributed by atoms with Gasteiger partial charge in [-0.2, -0.15) is 0 Å². The van der Waals surface area contributed by atoms with Crippen LogP contribution in [0, 0.1) is 5.92 Å². The maximum absolute atomic E-state index is 11.8. The van der Waals surface area contributed by atoms with Gasteiger partial charge >= 0.3 is 0 Å².